The number of amides is 3. The molecule has 0 bridgehead atoms. The minimum atomic E-state index is -1.30. The summed E-state index contributed by atoms with van der Waals surface area (Å²) >= 11 is 12.0. The third-order valence-corrected chi connectivity index (χ3v) is 8.78. The van der Waals surface area contributed by atoms with E-state index in [9.17, 15) is 49.8 Å². The zero-order valence-corrected chi connectivity index (χ0v) is 25.6. The first-order valence-electron chi connectivity index (χ1n) is 13.8. The van der Waals surface area contributed by atoms with E-state index in [0.717, 1.165) is 12.1 Å². The minimum Gasteiger partial charge on any atom is -0.504 e. The van der Waals surface area contributed by atoms with Gasteiger partial charge < -0.3 is 46.2 Å². The third kappa shape index (κ3) is 6.45. The van der Waals surface area contributed by atoms with Crippen LogP contribution in [-0.4, -0.2) is 109 Å². The summed E-state index contributed by atoms with van der Waals surface area (Å²) in [5.41, 5.74) is 0.0733. The molecule has 2 aliphatic heterocycles. The maximum Gasteiger partial charge on any atom is 0.352 e. The Balaban J connectivity index is 1.51. The van der Waals surface area contributed by atoms with E-state index in [2.05, 4.69) is 10.6 Å². The maximum absolute atomic E-state index is 12.8. The van der Waals surface area contributed by atoms with Gasteiger partial charge in [0.2, 0.25) is 5.91 Å². The molecule has 0 saturated carbocycles. The smallest absolute Gasteiger partial charge is 0.352 e. The molecule has 2 heterocycles. The van der Waals surface area contributed by atoms with Gasteiger partial charge in [-0.25, -0.2) is 4.79 Å². The molecule has 0 aromatic heterocycles. The molecule has 8 N–H and O–H groups in total. The molecule has 4 rings (SSSR count). The number of hydrogen-bond acceptors (Lipinski definition) is 10. The fourth-order valence-corrected chi connectivity index (χ4v) is 6.16. The predicted octanol–water partition coefficient (Wildman–Crippen LogP) is 1.47. The van der Waals surface area contributed by atoms with Gasteiger partial charge in [0.1, 0.15) is 5.70 Å². The van der Waals surface area contributed by atoms with E-state index in [1.54, 1.807) is 11.8 Å². The first-order chi connectivity index (χ1) is 21.2. The molecular formula is C29H32Cl2N4O10. The maximum atomic E-state index is 12.8. The van der Waals surface area contributed by atoms with Gasteiger partial charge in [0.15, 0.2) is 23.0 Å². The molecule has 45 heavy (non-hydrogen) atoms. The quantitative estimate of drug-likeness (QED) is 0.120. The highest BCUT2D eigenvalue weighted by Gasteiger charge is 2.59. The number of aliphatic hydroxyl groups is 1. The summed E-state index contributed by atoms with van der Waals surface area (Å²) in [7, 11) is 0. The van der Waals surface area contributed by atoms with Crippen molar-refractivity contribution in [1.29, 1.82) is 0 Å². The summed E-state index contributed by atoms with van der Waals surface area (Å²) in [6, 6.07) is 4.15. The average Bonchev–Trinajstić information content (AvgIpc) is 3.21. The van der Waals surface area contributed by atoms with Gasteiger partial charge >= 0.3 is 5.97 Å². The number of carbonyl (C=O) groups excluding carboxylic acids is 3. The molecule has 0 spiro atoms. The topological polar surface area (TPSA) is 220 Å². The fraction of sp³-hybridized carbons (Fsp3) is 0.379. The lowest BCUT2D eigenvalue weighted by Gasteiger charge is -2.46. The van der Waals surface area contributed by atoms with E-state index in [0.29, 0.717) is 5.57 Å². The number of fused-ring (bicyclic) bond motifs is 1. The second-order valence-electron chi connectivity index (χ2n) is 10.8. The summed E-state index contributed by atoms with van der Waals surface area (Å²) in [6.07, 6.45) is -0.977. The third-order valence-electron chi connectivity index (χ3n) is 8.02. The number of phenols is 4. The van der Waals surface area contributed by atoms with Crippen molar-refractivity contribution in [2.24, 2.45) is 11.8 Å². The molecule has 14 nitrogen and oxygen atoms in total. The fourth-order valence-electron chi connectivity index (χ4n) is 5.67. The van der Waals surface area contributed by atoms with Crippen LogP contribution in [0.4, 0.5) is 0 Å². The van der Waals surface area contributed by atoms with Crippen molar-refractivity contribution in [3.8, 4) is 23.0 Å². The van der Waals surface area contributed by atoms with Crippen LogP contribution in [0.15, 0.2) is 35.5 Å². The van der Waals surface area contributed by atoms with Crippen LogP contribution in [0, 0.1) is 11.8 Å². The molecule has 0 aliphatic carbocycles. The van der Waals surface area contributed by atoms with E-state index in [1.807, 2.05) is 0 Å². The number of aliphatic carboxylic acids is 1. The standard InChI is InChI=1S/C29H32Cl2N4O10/c1-12-16(23(29(44)45)35-22(12)19(13(2)36)28(35)43)11-34(9-7-32-26(41)14-3-5-17(37)24(39)20(14)30)10-8-33-27(42)15-4-6-18(38)25(40)21(15)31/h3-6,12-13,19,22,36-40H,7-11H2,1-2H3,(H,32,41)(H,33,42)(H,44,45)/t12?,13?,19?,22-/m1/s1. The predicted molar refractivity (Wildman–Crippen MR) is 160 cm³/mol. The summed E-state index contributed by atoms with van der Waals surface area (Å²) in [4.78, 5) is 53.5. The van der Waals surface area contributed by atoms with Gasteiger partial charge in [-0.2, -0.15) is 0 Å². The molecule has 0 radical (unpaired) electrons. The molecule has 2 aliphatic rings. The number of aliphatic hydroxyl groups excluding tert-OH is 1. The zero-order valence-electron chi connectivity index (χ0n) is 24.1. The van der Waals surface area contributed by atoms with Crippen molar-refractivity contribution in [1.82, 2.24) is 20.4 Å². The Labute approximate surface area is 267 Å². The molecule has 4 atom stereocenters. The van der Waals surface area contributed by atoms with Crippen molar-refractivity contribution in [3.05, 3.63) is 56.7 Å². The number of carboxylic acids is 1. The van der Waals surface area contributed by atoms with Crippen molar-refractivity contribution < 1.29 is 49.8 Å². The lowest BCUT2D eigenvalue weighted by molar-refractivity contribution is -0.163. The Morgan fingerprint density at radius 3 is 1.80 bits per heavy atom. The number of halogens is 2. The van der Waals surface area contributed by atoms with Crippen LogP contribution < -0.4 is 10.6 Å². The molecule has 3 unspecified atom stereocenters. The number of benzene rings is 2. The van der Waals surface area contributed by atoms with Crippen molar-refractivity contribution in [2.45, 2.75) is 26.0 Å². The number of carboxylic acid groups (broad SMARTS) is 1. The van der Waals surface area contributed by atoms with Gasteiger partial charge in [-0.1, -0.05) is 30.1 Å². The van der Waals surface area contributed by atoms with E-state index in [1.165, 1.54) is 24.0 Å². The molecule has 1 saturated heterocycles. The van der Waals surface area contributed by atoms with Crippen LogP contribution in [-0.2, 0) is 9.59 Å². The van der Waals surface area contributed by atoms with Crippen LogP contribution in [0.1, 0.15) is 34.6 Å². The van der Waals surface area contributed by atoms with Crippen LogP contribution in [0.2, 0.25) is 10.0 Å². The lowest BCUT2D eigenvalue weighted by atomic mass is 9.77. The Morgan fingerprint density at radius 2 is 1.38 bits per heavy atom. The van der Waals surface area contributed by atoms with Gasteiger partial charge in [-0.05, 0) is 36.8 Å². The van der Waals surface area contributed by atoms with Crippen LogP contribution in [0.25, 0.3) is 0 Å². The number of rotatable bonds is 12. The molecule has 2 aromatic rings. The number of β-lactam (4-membered cyclic amide) rings is 1. The summed E-state index contributed by atoms with van der Waals surface area (Å²) in [5, 5.41) is 63.7. The first kappa shape index (κ1) is 33.6. The Morgan fingerprint density at radius 1 is 0.911 bits per heavy atom. The Bertz CT molecular complexity index is 1510. The molecule has 16 heteroatoms. The van der Waals surface area contributed by atoms with Crippen molar-refractivity contribution in [2.75, 3.05) is 32.7 Å². The second kappa shape index (κ2) is 13.4. The number of carbonyl (C=O) groups is 4. The highest BCUT2D eigenvalue weighted by molar-refractivity contribution is 6.36. The molecule has 2 aromatic carbocycles. The Hall–Kier alpha value is -4.24. The van der Waals surface area contributed by atoms with Crippen LogP contribution in [0.3, 0.4) is 0 Å². The molecule has 3 amide bonds. The number of nitrogens with zero attached hydrogens (tertiary/aromatic N) is 2. The monoisotopic (exact) mass is 666 g/mol. The molecule has 242 valence electrons. The summed E-state index contributed by atoms with van der Waals surface area (Å²) in [6.45, 7) is 3.55. The lowest BCUT2D eigenvalue weighted by Crippen LogP contribution is -2.63. The molecule has 1 fully saturated rings. The normalized spacial score (nSPS) is 19.7. The van der Waals surface area contributed by atoms with Gasteiger partial charge in [0.25, 0.3) is 11.8 Å². The Kier molecular flexibility index (Phi) is 10.0. The van der Waals surface area contributed by atoms with Gasteiger partial charge in [-0.15, -0.1) is 0 Å². The van der Waals surface area contributed by atoms with Crippen LogP contribution in [0.5, 0.6) is 23.0 Å². The summed E-state index contributed by atoms with van der Waals surface area (Å²) < 4.78 is 0. The summed E-state index contributed by atoms with van der Waals surface area (Å²) in [5.74, 6) is -6.56. The highest BCUT2D eigenvalue weighted by Crippen LogP contribution is 2.47. The van der Waals surface area contributed by atoms with E-state index >= 15 is 0 Å². The van der Waals surface area contributed by atoms with Crippen molar-refractivity contribution >= 4 is 46.9 Å². The number of hydrogen-bond donors (Lipinski definition) is 8. The van der Waals surface area contributed by atoms with Gasteiger partial charge in [0.05, 0.1) is 39.2 Å². The first-order valence-corrected chi connectivity index (χ1v) is 14.6. The van der Waals surface area contributed by atoms with Crippen LogP contribution >= 0.6 is 23.2 Å². The highest BCUT2D eigenvalue weighted by atomic mass is 35.5. The van der Waals surface area contributed by atoms with Gasteiger partial charge in [-0.3, -0.25) is 19.3 Å². The SMILES string of the molecule is CC(O)C1C(=O)N2C(C(=O)O)=C(CN(CCNC(=O)c3ccc(O)c(O)c3Cl)CCNC(=O)c3ccc(O)c(O)c3Cl)C(C)[C@H]12. The number of phenolic OH excluding ortho intramolecular Hbond substituents is 4. The number of aromatic hydroxyl groups is 4. The van der Waals surface area contributed by atoms with Gasteiger partial charge in [0, 0.05) is 38.6 Å². The number of nitrogens with one attached hydrogen (secondary N) is 2. The van der Waals surface area contributed by atoms with Crippen molar-refractivity contribution in [3.63, 3.8) is 0 Å². The molecular weight excluding hydrogens is 635 g/mol. The zero-order chi connectivity index (χ0) is 33.3. The van der Waals surface area contributed by atoms with E-state index in [-0.39, 0.29) is 59.6 Å². The second-order valence-corrected chi connectivity index (χ2v) is 11.6. The minimum absolute atomic E-state index is 0.00878. The van der Waals surface area contributed by atoms with E-state index in [4.69, 9.17) is 23.2 Å². The van der Waals surface area contributed by atoms with E-state index < -0.39 is 70.7 Å². The largest absolute Gasteiger partial charge is 0.504 e. The average molecular weight is 667 g/mol.